The van der Waals surface area contributed by atoms with Crippen molar-refractivity contribution in [3.63, 3.8) is 0 Å². The lowest BCUT2D eigenvalue weighted by Crippen LogP contribution is -2.45. The van der Waals surface area contributed by atoms with Crippen LogP contribution < -0.4 is 5.32 Å². The molecular weight excluding hydrogens is 1070 g/mol. The number of rotatable bonds is 77. The Bertz CT molecular complexity index is 1320. The lowest BCUT2D eigenvalue weighted by atomic mass is 10.0. The van der Waals surface area contributed by atoms with E-state index in [9.17, 15) is 19.8 Å². The summed E-state index contributed by atoms with van der Waals surface area (Å²) < 4.78 is 5.52. The average Bonchev–Trinajstić information content (AvgIpc) is 3.53. The van der Waals surface area contributed by atoms with Gasteiger partial charge in [0.25, 0.3) is 0 Å². The van der Waals surface area contributed by atoms with E-state index in [1.165, 1.54) is 398 Å². The van der Waals surface area contributed by atoms with Gasteiger partial charge in [0.15, 0.2) is 0 Å². The molecular formula is C81H159NO5. The highest BCUT2D eigenvalue weighted by molar-refractivity contribution is 5.76. The maximum atomic E-state index is 12.6. The van der Waals surface area contributed by atoms with E-state index in [1.54, 1.807) is 0 Å². The van der Waals surface area contributed by atoms with E-state index in [2.05, 4.69) is 31.3 Å². The topological polar surface area (TPSA) is 95.9 Å². The predicted molar refractivity (Wildman–Crippen MR) is 384 cm³/mol. The molecule has 0 radical (unpaired) electrons. The summed E-state index contributed by atoms with van der Waals surface area (Å²) in [5, 5.41) is 23.5. The SMILES string of the molecule is CCCCCCCCCCCCCCCCCCCCCCCCCCC(O)C(CO)NC(=O)CCCCCCCCCCCCCC/C=C\CCCCCCCCCCCCCCOC(=O)CCCCCCCCCCCCCCCCCCCC. The van der Waals surface area contributed by atoms with Crippen molar-refractivity contribution in [3.8, 4) is 0 Å². The van der Waals surface area contributed by atoms with Crippen molar-refractivity contribution in [2.24, 2.45) is 0 Å². The molecule has 0 aromatic rings. The Labute approximate surface area is 546 Å². The van der Waals surface area contributed by atoms with E-state index in [0.29, 0.717) is 25.9 Å². The van der Waals surface area contributed by atoms with Crippen LogP contribution in [-0.4, -0.2) is 47.4 Å². The van der Waals surface area contributed by atoms with Crippen molar-refractivity contribution in [3.05, 3.63) is 12.2 Å². The third kappa shape index (κ3) is 73.5. The second-order valence-electron chi connectivity index (χ2n) is 28.1. The summed E-state index contributed by atoms with van der Waals surface area (Å²) in [6.07, 6.45) is 97.3. The molecule has 3 N–H and O–H groups in total. The molecule has 0 bridgehead atoms. The molecule has 1 amide bonds. The molecule has 0 aromatic carbocycles. The second kappa shape index (κ2) is 77.1. The number of hydrogen-bond acceptors (Lipinski definition) is 5. The highest BCUT2D eigenvalue weighted by Gasteiger charge is 2.20. The molecule has 0 aliphatic heterocycles. The van der Waals surface area contributed by atoms with Crippen LogP contribution in [0.25, 0.3) is 0 Å². The Morgan fingerprint density at radius 1 is 0.310 bits per heavy atom. The molecule has 0 aliphatic rings. The summed E-state index contributed by atoms with van der Waals surface area (Å²) in [7, 11) is 0. The van der Waals surface area contributed by atoms with Gasteiger partial charge in [-0.15, -0.1) is 0 Å². The summed E-state index contributed by atoms with van der Waals surface area (Å²) in [6, 6.07) is -0.542. The molecule has 6 nitrogen and oxygen atoms in total. The molecule has 0 saturated carbocycles. The normalized spacial score (nSPS) is 12.5. The third-order valence-corrected chi connectivity index (χ3v) is 19.3. The van der Waals surface area contributed by atoms with Crippen LogP contribution in [0.1, 0.15) is 470 Å². The summed E-state index contributed by atoms with van der Waals surface area (Å²) in [5.41, 5.74) is 0. The van der Waals surface area contributed by atoms with Gasteiger partial charge in [0, 0.05) is 12.8 Å². The van der Waals surface area contributed by atoms with Gasteiger partial charge in [-0.1, -0.05) is 418 Å². The van der Waals surface area contributed by atoms with Gasteiger partial charge < -0.3 is 20.3 Å². The quantitative estimate of drug-likeness (QED) is 0.0320. The summed E-state index contributed by atoms with van der Waals surface area (Å²) in [5.74, 6) is -0.00693. The standard InChI is InChI=1S/C81H159NO5/c1-3-5-7-9-11-13-15-17-19-21-23-24-25-32-35-38-41-45-49-53-57-61-65-69-73-79(84)78(77-83)82-80(85)74-70-66-62-58-54-50-46-42-39-36-33-30-28-26-27-29-31-34-37-40-44-48-52-56-60-64-68-72-76-87-81(86)75-71-67-63-59-55-51-47-43-22-20-18-16-14-12-10-8-6-4-2/h26-27,78-79,83-84H,3-25,28-77H2,1-2H3,(H,82,85)/b27-26-. The van der Waals surface area contributed by atoms with E-state index in [0.717, 1.165) is 38.5 Å². The first-order valence-corrected chi connectivity index (χ1v) is 40.4. The van der Waals surface area contributed by atoms with Crippen LogP contribution in [0.4, 0.5) is 0 Å². The predicted octanol–water partition coefficient (Wildman–Crippen LogP) is 26.7. The number of esters is 1. The minimum Gasteiger partial charge on any atom is -0.466 e. The molecule has 0 spiro atoms. The first-order chi connectivity index (χ1) is 43.0. The van der Waals surface area contributed by atoms with Crippen LogP contribution in [0, 0.1) is 0 Å². The van der Waals surface area contributed by atoms with Crippen LogP contribution in [0.15, 0.2) is 12.2 Å². The van der Waals surface area contributed by atoms with E-state index < -0.39 is 12.1 Å². The van der Waals surface area contributed by atoms with Crippen molar-refractivity contribution in [1.82, 2.24) is 5.32 Å². The molecule has 0 aliphatic carbocycles. The zero-order chi connectivity index (χ0) is 62.8. The van der Waals surface area contributed by atoms with Gasteiger partial charge in [-0.25, -0.2) is 0 Å². The molecule has 0 aromatic heterocycles. The van der Waals surface area contributed by atoms with Crippen LogP contribution in [0.2, 0.25) is 0 Å². The monoisotopic (exact) mass is 1230 g/mol. The minimum absolute atomic E-state index is 0.0218. The number of unbranched alkanes of at least 4 members (excludes halogenated alkanes) is 64. The van der Waals surface area contributed by atoms with Crippen LogP contribution in [0.3, 0.4) is 0 Å². The molecule has 87 heavy (non-hydrogen) atoms. The number of carbonyl (C=O) groups excluding carboxylic acids is 2. The van der Waals surface area contributed by atoms with E-state index in [4.69, 9.17) is 4.74 Å². The zero-order valence-electron chi connectivity index (χ0n) is 59.5. The highest BCUT2D eigenvalue weighted by Crippen LogP contribution is 2.20. The Morgan fingerprint density at radius 2 is 0.540 bits per heavy atom. The number of ether oxygens (including phenoxy) is 1. The van der Waals surface area contributed by atoms with Crippen LogP contribution >= 0.6 is 0 Å². The third-order valence-electron chi connectivity index (χ3n) is 19.3. The van der Waals surface area contributed by atoms with Crippen LogP contribution in [0.5, 0.6) is 0 Å². The van der Waals surface area contributed by atoms with Crippen LogP contribution in [-0.2, 0) is 14.3 Å². The van der Waals surface area contributed by atoms with E-state index in [1.807, 2.05) is 0 Å². The molecule has 2 unspecified atom stereocenters. The average molecular weight is 1230 g/mol. The molecule has 6 heteroatoms. The second-order valence-corrected chi connectivity index (χ2v) is 28.1. The number of aliphatic hydroxyl groups excluding tert-OH is 2. The number of amides is 1. The molecule has 518 valence electrons. The Kier molecular flexibility index (Phi) is 75.8. The fourth-order valence-electron chi connectivity index (χ4n) is 13.2. The van der Waals surface area contributed by atoms with Gasteiger partial charge in [0.2, 0.25) is 5.91 Å². The van der Waals surface area contributed by atoms with Crippen molar-refractivity contribution in [1.29, 1.82) is 0 Å². The van der Waals surface area contributed by atoms with Gasteiger partial charge in [-0.05, 0) is 51.4 Å². The highest BCUT2D eigenvalue weighted by atomic mass is 16.5. The lowest BCUT2D eigenvalue weighted by Gasteiger charge is -2.22. The van der Waals surface area contributed by atoms with Gasteiger partial charge in [-0.2, -0.15) is 0 Å². The number of carbonyl (C=O) groups is 2. The summed E-state index contributed by atoms with van der Waals surface area (Å²) >= 11 is 0. The van der Waals surface area contributed by atoms with Crippen molar-refractivity contribution in [2.75, 3.05) is 13.2 Å². The van der Waals surface area contributed by atoms with E-state index >= 15 is 0 Å². The summed E-state index contributed by atoms with van der Waals surface area (Å²) in [4.78, 5) is 24.7. The van der Waals surface area contributed by atoms with Gasteiger partial charge in [0.1, 0.15) is 0 Å². The number of aliphatic hydroxyl groups is 2. The zero-order valence-corrected chi connectivity index (χ0v) is 59.5. The number of nitrogens with one attached hydrogen (secondary N) is 1. The number of allylic oxidation sites excluding steroid dienone is 2. The maximum absolute atomic E-state index is 12.6. The Morgan fingerprint density at radius 3 is 0.816 bits per heavy atom. The summed E-state index contributed by atoms with van der Waals surface area (Å²) in [6.45, 7) is 5.02. The van der Waals surface area contributed by atoms with Crippen molar-refractivity contribution >= 4 is 11.9 Å². The Balaban J connectivity index is 3.36. The fourth-order valence-corrected chi connectivity index (χ4v) is 13.2. The molecule has 0 rings (SSSR count). The Hall–Kier alpha value is -1.40. The first-order valence-electron chi connectivity index (χ1n) is 40.4. The largest absolute Gasteiger partial charge is 0.466 e. The fraction of sp³-hybridized carbons (Fsp3) is 0.951. The molecule has 0 heterocycles. The minimum atomic E-state index is -0.665. The molecule has 2 atom stereocenters. The van der Waals surface area contributed by atoms with Crippen molar-refractivity contribution < 1.29 is 24.5 Å². The number of hydrogen-bond donors (Lipinski definition) is 3. The molecule has 0 saturated heterocycles. The maximum Gasteiger partial charge on any atom is 0.305 e. The van der Waals surface area contributed by atoms with Gasteiger partial charge in [-0.3, -0.25) is 9.59 Å². The first kappa shape index (κ1) is 85.6. The van der Waals surface area contributed by atoms with E-state index in [-0.39, 0.29) is 18.5 Å². The van der Waals surface area contributed by atoms with Gasteiger partial charge >= 0.3 is 5.97 Å². The smallest absolute Gasteiger partial charge is 0.305 e. The molecule has 0 fully saturated rings. The lowest BCUT2D eigenvalue weighted by molar-refractivity contribution is -0.143. The van der Waals surface area contributed by atoms with Crippen molar-refractivity contribution in [2.45, 2.75) is 482 Å². The van der Waals surface area contributed by atoms with Gasteiger partial charge in [0.05, 0.1) is 25.4 Å².